The van der Waals surface area contributed by atoms with Crippen LogP contribution in [0.4, 0.5) is 0 Å². The van der Waals surface area contributed by atoms with Crippen molar-refractivity contribution in [2.75, 3.05) is 18.2 Å². The van der Waals surface area contributed by atoms with Gasteiger partial charge in [-0.3, -0.25) is 0 Å². The van der Waals surface area contributed by atoms with Crippen LogP contribution in [-0.4, -0.2) is 26.6 Å². The molecule has 0 saturated heterocycles. The summed E-state index contributed by atoms with van der Waals surface area (Å²) in [6.45, 7) is 4.54. The lowest BCUT2D eigenvalue weighted by Gasteiger charge is -2.17. The van der Waals surface area contributed by atoms with E-state index < -0.39 is 10.0 Å². The van der Waals surface area contributed by atoms with Gasteiger partial charge in [-0.25, -0.2) is 13.1 Å². The van der Waals surface area contributed by atoms with Crippen LogP contribution in [0.1, 0.15) is 44.6 Å². The Bertz CT molecular complexity index is 484. The fourth-order valence-corrected chi connectivity index (χ4v) is 4.19. The van der Waals surface area contributed by atoms with Gasteiger partial charge in [0.05, 0.1) is 5.75 Å². The maximum absolute atomic E-state index is 12.2. The van der Waals surface area contributed by atoms with Gasteiger partial charge < -0.3 is 0 Å². The zero-order valence-electron chi connectivity index (χ0n) is 12.9. The molecule has 1 N–H and O–H groups in total. The summed E-state index contributed by atoms with van der Waals surface area (Å²) in [7, 11) is -3.25. The average Bonchev–Trinajstić information content (AvgIpc) is 2.46. The molecule has 3 nitrogen and oxygen atoms in total. The van der Waals surface area contributed by atoms with Crippen molar-refractivity contribution in [3.63, 3.8) is 0 Å². The Labute approximate surface area is 134 Å². The Hall–Kier alpha value is -0.580. The second kappa shape index (κ2) is 9.44. The van der Waals surface area contributed by atoms with Crippen LogP contribution in [0.25, 0.3) is 0 Å². The molecule has 0 saturated carbocycles. The lowest BCUT2D eigenvalue weighted by Crippen LogP contribution is -2.33. The average molecular weight is 332 g/mol. The SMILES string of the molecule is CCCC(CCCl)CNS(=O)(=O)CC(C)c1ccccc1. The molecule has 5 heteroatoms. The van der Waals surface area contributed by atoms with E-state index in [1.165, 1.54) is 0 Å². The molecule has 0 aromatic heterocycles. The van der Waals surface area contributed by atoms with Crippen molar-refractivity contribution in [1.29, 1.82) is 0 Å². The third-order valence-electron chi connectivity index (χ3n) is 3.64. The van der Waals surface area contributed by atoms with Crippen molar-refractivity contribution in [3.8, 4) is 0 Å². The van der Waals surface area contributed by atoms with Crippen molar-refractivity contribution in [3.05, 3.63) is 35.9 Å². The topological polar surface area (TPSA) is 46.2 Å². The maximum atomic E-state index is 12.2. The Morgan fingerprint density at radius 3 is 2.43 bits per heavy atom. The molecule has 0 amide bonds. The van der Waals surface area contributed by atoms with Gasteiger partial charge in [-0.15, -0.1) is 11.6 Å². The largest absolute Gasteiger partial charge is 0.215 e. The van der Waals surface area contributed by atoms with Crippen molar-refractivity contribution >= 4 is 21.6 Å². The van der Waals surface area contributed by atoms with Gasteiger partial charge in [0.1, 0.15) is 0 Å². The van der Waals surface area contributed by atoms with E-state index in [0.29, 0.717) is 18.3 Å². The second-order valence-electron chi connectivity index (χ2n) is 5.57. The molecule has 2 unspecified atom stereocenters. The van der Waals surface area contributed by atoms with Crippen LogP contribution < -0.4 is 4.72 Å². The normalized spacial score (nSPS) is 14.8. The van der Waals surface area contributed by atoms with Gasteiger partial charge in [0.25, 0.3) is 0 Å². The van der Waals surface area contributed by atoms with Crippen LogP contribution in [0, 0.1) is 5.92 Å². The minimum absolute atomic E-state index is 0.0126. The highest BCUT2D eigenvalue weighted by Crippen LogP contribution is 2.17. The number of alkyl halides is 1. The van der Waals surface area contributed by atoms with Gasteiger partial charge in [0, 0.05) is 12.4 Å². The van der Waals surface area contributed by atoms with Crippen LogP contribution in [0.15, 0.2) is 30.3 Å². The molecule has 0 fully saturated rings. The first kappa shape index (κ1) is 18.5. The highest BCUT2D eigenvalue weighted by Gasteiger charge is 2.18. The van der Waals surface area contributed by atoms with Crippen LogP contribution in [0.2, 0.25) is 0 Å². The summed E-state index contributed by atoms with van der Waals surface area (Å²) in [6.07, 6.45) is 2.90. The Morgan fingerprint density at radius 2 is 1.86 bits per heavy atom. The van der Waals surface area contributed by atoms with E-state index in [4.69, 9.17) is 11.6 Å². The Morgan fingerprint density at radius 1 is 1.19 bits per heavy atom. The highest BCUT2D eigenvalue weighted by molar-refractivity contribution is 7.89. The number of nitrogens with one attached hydrogen (secondary N) is 1. The van der Waals surface area contributed by atoms with Gasteiger partial charge in [-0.2, -0.15) is 0 Å². The predicted octanol–water partition coefficient (Wildman–Crippen LogP) is 3.75. The molecule has 1 aromatic carbocycles. The fourth-order valence-electron chi connectivity index (χ4n) is 2.42. The van der Waals surface area contributed by atoms with Gasteiger partial charge in [0.2, 0.25) is 10.0 Å². The number of halogens is 1. The lowest BCUT2D eigenvalue weighted by molar-refractivity contribution is 0.456. The molecule has 0 aliphatic heterocycles. The monoisotopic (exact) mass is 331 g/mol. The summed E-state index contributed by atoms with van der Waals surface area (Å²) in [5.41, 5.74) is 1.05. The molecule has 0 aliphatic rings. The smallest absolute Gasteiger partial charge is 0.212 e. The van der Waals surface area contributed by atoms with E-state index in [1.807, 2.05) is 37.3 Å². The molecule has 2 atom stereocenters. The van der Waals surface area contributed by atoms with Gasteiger partial charge >= 0.3 is 0 Å². The molecule has 1 aromatic rings. The highest BCUT2D eigenvalue weighted by atomic mass is 35.5. The first-order valence-electron chi connectivity index (χ1n) is 7.56. The molecule has 0 radical (unpaired) electrons. The zero-order chi connectivity index (χ0) is 15.7. The summed E-state index contributed by atoms with van der Waals surface area (Å²) < 4.78 is 27.1. The molecule has 0 spiro atoms. The van der Waals surface area contributed by atoms with Crippen LogP contribution in [0.5, 0.6) is 0 Å². The van der Waals surface area contributed by atoms with E-state index in [1.54, 1.807) is 0 Å². The summed E-state index contributed by atoms with van der Waals surface area (Å²) in [5, 5.41) is 0. The quantitative estimate of drug-likeness (QED) is 0.664. The van der Waals surface area contributed by atoms with E-state index in [-0.39, 0.29) is 11.7 Å². The molecule has 0 heterocycles. The van der Waals surface area contributed by atoms with E-state index in [0.717, 1.165) is 24.8 Å². The van der Waals surface area contributed by atoms with Crippen LogP contribution in [0.3, 0.4) is 0 Å². The summed E-state index contributed by atoms with van der Waals surface area (Å²) in [5.74, 6) is 1.01. The zero-order valence-corrected chi connectivity index (χ0v) is 14.5. The molecule has 1 rings (SSSR count). The third kappa shape index (κ3) is 7.30. The first-order valence-corrected chi connectivity index (χ1v) is 9.75. The minimum atomic E-state index is -3.25. The molecular weight excluding hydrogens is 306 g/mol. The van der Waals surface area contributed by atoms with E-state index in [2.05, 4.69) is 11.6 Å². The molecule has 120 valence electrons. The van der Waals surface area contributed by atoms with E-state index in [9.17, 15) is 8.42 Å². The lowest BCUT2D eigenvalue weighted by atomic mass is 10.0. The number of hydrogen-bond donors (Lipinski definition) is 1. The molecular formula is C16H26ClNO2S. The summed E-state index contributed by atoms with van der Waals surface area (Å²) in [4.78, 5) is 0. The summed E-state index contributed by atoms with van der Waals surface area (Å²) >= 11 is 5.77. The molecule has 21 heavy (non-hydrogen) atoms. The number of hydrogen-bond acceptors (Lipinski definition) is 2. The van der Waals surface area contributed by atoms with Gasteiger partial charge in [0.15, 0.2) is 0 Å². The first-order chi connectivity index (χ1) is 9.98. The standard InChI is InChI=1S/C16H26ClNO2S/c1-3-7-15(10-11-17)12-18-21(19,20)13-14(2)16-8-5-4-6-9-16/h4-6,8-9,14-15,18H,3,7,10-13H2,1-2H3. The van der Waals surface area contributed by atoms with Gasteiger partial charge in [-0.1, -0.05) is 50.6 Å². The molecule has 0 aliphatic carbocycles. The van der Waals surface area contributed by atoms with Crippen molar-refractivity contribution in [1.82, 2.24) is 4.72 Å². The number of benzene rings is 1. The third-order valence-corrected chi connectivity index (χ3v) is 5.41. The predicted molar refractivity (Wildman–Crippen MR) is 90.4 cm³/mol. The Kier molecular flexibility index (Phi) is 8.30. The fraction of sp³-hybridized carbons (Fsp3) is 0.625. The van der Waals surface area contributed by atoms with Gasteiger partial charge in [-0.05, 0) is 30.2 Å². The van der Waals surface area contributed by atoms with Crippen molar-refractivity contribution < 1.29 is 8.42 Å². The molecule has 0 bridgehead atoms. The number of rotatable bonds is 10. The number of sulfonamides is 1. The van der Waals surface area contributed by atoms with Crippen LogP contribution >= 0.6 is 11.6 Å². The van der Waals surface area contributed by atoms with Crippen molar-refractivity contribution in [2.24, 2.45) is 5.92 Å². The minimum Gasteiger partial charge on any atom is -0.215 e. The second-order valence-corrected chi connectivity index (χ2v) is 7.80. The van der Waals surface area contributed by atoms with Crippen molar-refractivity contribution in [2.45, 2.75) is 39.0 Å². The maximum Gasteiger partial charge on any atom is 0.212 e. The summed E-state index contributed by atoms with van der Waals surface area (Å²) in [6, 6.07) is 9.73. The van der Waals surface area contributed by atoms with E-state index >= 15 is 0 Å². The Balaban J connectivity index is 2.53. The van der Waals surface area contributed by atoms with Crippen LogP contribution in [-0.2, 0) is 10.0 Å².